The summed E-state index contributed by atoms with van der Waals surface area (Å²) in [5.41, 5.74) is -1.18. The molecule has 0 bridgehead atoms. The molecule has 1 saturated heterocycles. The van der Waals surface area contributed by atoms with Gasteiger partial charge in [0.1, 0.15) is 11.3 Å². The predicted octanol–water partition coefficient (Wildman–Crippen LogP) is 2.57. The number of fused-ring (bicyclic) bond motifs is 1. The van der Waals surface area contributed by atoms with Crippen LogP contribution < -0.4 is 20.4 Å². The van der Waals surface area contributed by atoms with Gasteiger partial charge in [0.15, 0.2) is 11.6 Å². The first kappa shape index (κ1) is 20.6. The number of pyridine rings is 1. The predicted molar refractivity (Wildman–Crippen MR) is 109 cm³/mol. The van der Waals surface area contributed by atoms with Crippen LogP contribution in [0.2, 0.25) is 0 Å². The SMILES string of the molecule is CNCC1(CF)CCN(c2c(F)cc3c(=O)c(C(=O)O)cn(C4CC4)c3c2OC)C1. The molecule has 30 heavy (non-hydrogen) atoms. The highest BCUT2D eigenvalue weighted by Gasteiger charge is 2.40. The molecule has 1 aromatic carbocycles. The first-order valence-corrected chi connectivity index (χ1v) is 10.00. The van der Waals surface area contributed by atoms with Crippen LogP contribution in [0.25, 0.3) is 10.9 Å². The topological polar surface area (TPSA) is 83.8 Å². The Kier molecular flexibility index (Phi) is 5.17. The maximum absolute atomic E-state index is 15.3. The summed E-state index contributed by atoms with van der Waals surface area (Å²) in [6.07, 6.45) is 3.55. The number of benzene rings is 1. The number of hydrogen-bond donors (Lipinski definition) is 2. The fourth-order valence-corrected chi connectivity index (χ4v) is 4.53. The molecule has 2 aromatic rings. The van der Waals surface area contributed by atoms with E-state index in [-0.39, 0.29) is 22.9 Å². The Bertz CT molecular complexity index is 1070. The molecule has 7 nitrogen and oxygen atoms in total. The Hall–Kier alpha value is -2.68. The fourth-order valence-electron chi connectivity index (χ4n) is 4.53. The highest BCUT2D eigenvalue weighted by atomic mass is 19.1. The number of halogens is 2. The van der Waals surface area contributed by atoms with Crippen molar-refractivity contribution in [3.63, 3.8) is 0 Å². The number of alkyl halides is 1. The van der Waals surface area contributed by atoms with E-state index in [4.69, 9.17) is 4.74 Å². The lowest BCUT2D eigenvalue weighted by atomic mass is 9.89. The van der Waals surface area contributed by atoms with Crippen molar-refractivity contribution in [2.45, 2.75) is 25.3 Å². The van der Waals surface area contributed by atoms with Gasteiger partial charge in [-0.05, 0) is 32.4 Å². The van der Waals surface area contributed by atoms with Crippen molar-refractivity contribution in [1.82, 2.24) is 9.88 Å². The quantitative estimate of drug-likeness (QED) is 0.715. The van der Waals surface area contributed by atoms with Gasteiger partial charge in [0.2, 0.25) is 5.43 Å². The Morgan fingerprint density at radius 2 is 2.17 bits per heavy atom. The van der Waals surface area contributed by atoms with Gasteiger partial charge in [0.05, 0.1) is 24.7 Å². The summed E-state index contributed by atoms with van der Waals surface area (Å²) < 4.78 is 36.4. The molecule has 0 amide bonds. The largest absolute Gasteiger partial charge is 0.492 e. The van der Waals surface area contributed by atoms with Crippen molar-refractivity contribution in [1.29, 1.82) is 0 Å². The number of anilines is 1. The number of hydrogen-bond acceptors (Lipinski definition) is 5. The summed E-state index contributed by atoms with van der Waals surface area (Å²) in [6.45, 7) is 0.693. The van der Waals surface area contributed by atoms with Crippen molar-refractivity contribution < 1.29 is 23.4 Å². The zero-order chi connectivity index (χ0) is 21.6. The minimum Gasteiger partial charge on any atom is -0.492 e. The van der Waals surface area contributed by atoms with Crippen LogP contribution in [0.15, 0.2) is 17.1 Å². The van der Waals surface area contributed by atoms with Gasteiger partial charge < -0.3 is 24.6 Å². The van der Waals surface area contributed by atoms with E-state index in [0.717, 1.165) is 18.9 Å². The van der Waals surface area contributed by atoms with Gasteiger partial charge in [-0.2, -0.15) is 0 Å². The van der Waals surface area contributed by atoms with Crippen molar-refractivity contribution in [2.75, 3.05) is 45.4 Å². The molecule has 1 unspecified atom stereocenters. The number of carbonyl (C=O) groups is 1. The Morgan fingerprint density at radius 1 is 1.43 bits per heavy atom. The van der Waals surface area contributed by atoms with Gasteiger partial charge in [0.25, 0.3) is 0 Å². The van der Waals surface area contributed by atoms with E-state index in [1.165, 1.54) is 13.3 Å². The standard InChI is InChI=1S/C21H25F2N3O4/c1-24-10-21(9-22)5-6-25(11-21)17-15(23)7-13-16(19(17)30-2)26(12-3-4-12)8-14(18(13)27)20(28)29/h7-8,12,24H,3-6,9-11H2,1-2H3,(H,28,29). The number of rotatable bonds is 7. The molecule has 1 atom stereocenters. The molecular weight excluding hydrogens is 396 g/mol. The molecule has 4 rings (SSSR count). The molecule has 1 aliphatic carbocycles. The maximum atomic E-state index is 15.3. The van der Waals surface area contributed by atoms with Crippen molar-refractivity contribution in [3.8, 4) is 5.75 Å². The van der Waals surface area contributed by atoms with Crippen LogP contribution in [0.4, 0.5) is 14.5 Å². The molecule has 2 aliphatic rings. The summed E-state index contributed by atoms with van der Waals surface area (Å²) >= 11 is 0. The minimum atomic E-state index is -1.35. The molecule has 2 fully saturated rings. The average Bonchev–Trinajstić information content (AvgIpc) is 3.48. The van der Waals surface area contributed by atoms with Gasteiger partial charge >= 0.3 is 5.97 Å². The second-order valence-electron chi connectivity index (χ2n) is 8.29. The van der Waals surface area contributed by atoms with E-state index in [9.17, 15) is 19.1 Å². The first-order valence-electron chi connectivity index (χ1n) is 10.00. The summed E-state index contributed by atoms with van der Waals surface area (Å²) in [4.78, 5) is 26.1. The zero-order valence-electron chi connectivity index (χ0n) is 17.0. The normalized spacial score (nSPS) is 21.4. The van der Waals surface area contributed by atoms with E-state index >= 15 is 4.39 Å². The third-order valence-corrected chi connectivity index (χ3v) is 6.16. The van der Waals surface area contributed by atoms with Crippen LogP contribution in [0.3, 0.4) is 0 Å². The number of nitrogens with zero attached hydrogens (tertiary/aromatic N) is 2. The molecule has 1 saturated carbocycles. The van der Waals surface area contributed by atoms with Crippen LogP contribution in [0.5, 0.6) is 5.75 Å². The number of nitrogens with one attached hydrogen (secondary N) is 1. The van der Waals surface area contributed by atoms with Crippen molar-refractivity contribution in [3.05, 3.63) is 33.9 Å². The van der Waals surface area contributed by atoms with E-state index < -0.39 is 34.9 Å². The number of ether oxygens (including phenoxy) is 1. The van der Waals surface area contributed by atoms with Gasteiger partial charge in [-0.1, -0.05) is 0 Å². The lowest BCUT2D eigenvalue weighted by Gasteiger charge is -2.28. The van der Waals surface area contributed by atoms with Crippen molar-refractivity contribution in [2.24, 2.45) is 5.41 Å². The van der Waals surface area contributed by atoms with E-state index in [1.807, 2.05) is 0 Å². The van der Waals surface area contributed by atoms with Crippen LogP contribution in [0, 0.1) is 11.2 Å². The van der Waals surface area contributed by atoms with E-state index in [0.29, 0.717) is 31.6 Å². The van der Waals surface area contributed by atoms with Gasteiger partial charge in [-0.15, -0.1) is 0 Å². The highest BCUT2D eigenvalue weighted by molar-refractivity contribution is 5.97. The number of methoxy groups -OCH3 is 1. The number of carboxylic acid groups (broad SMARTS) is 1. The number of carboxylic acids is 1. The molecule has 1 aromatic heterocycles. The van der Waals surface area contributed by atoms with Gasteiger partial charge in [-0.25, -0.2) is 9.18 Å². The zero-order valence-corrected chi connectivity index (χ0v) is 17.0. The molecule has 2 heterocycles. The second kappa shape index (κ2) is 7.54. The molecule has 162 valence electrons. The third-order valence-electron chi connectivity index (χ3n) is 6.16. The molecule has 1 aliphatic heterocycles. The highest BCUT2D eigenvalue weighted by Crippen LogP contribution is 2.45. The van der Waals surface area contributed by atoms with Crippen LogP contribution in [0.1, 0.15) is 35.7 Å². The number of aromatic carboxylic acids is 1. The Balaban J connectivity index is 1.94. The van der Waals surface area contributed by atoms with Gasteiger partial charge in [0, 0.05) is 37.3 Å². The summed E-state index contributed by atoms with van der Waals surface area (Å²) in [6, 6.07) is 1.13. The minimum absolute atomic E-state index is 0.0222. The third kappa shape index (κ3) is 3.21. The summed E-state index contributed by atoms with van der Waals surface area (Å²) in [5, 5.41) is 12.4. The van der Waals surface area contributed by atoms with Gasteiger partial charge in [-0.3, -0.25) is 9.18 Å². The van der Waals surface area contributed by atoms with Crippen LogP contribution in [-0.4, -0.2) is 56.1 Å². The second-order valence-corrected chi connectivity index (χ2v) is 8.29. The monoisotopic (exact) mass is 421 g/mol. The first-order chi connectivity index (χ1) is 14.4. The lowest BCUT2D eigenvalue weighted by molar-refractivity contribution is 0.0695. The Morgan fingerprint density at radius 3 is 2.73 bits per heavy atom. The van der Waals surface area contributed by atoms with Crippen LogP contribution in [-0.2, 0) is 0 Å². The molecule has 9 heteroatoms. The molecule has 0 spiro atoms. The fraction of sp³-hybridized carbons (Fsp3) is 0.524. The maximum Gasteiger partial charge on any atom is 0.341 e. The summed E-state index contributed by atoms with van der Waals surface area (Å²) in [5.74, 6) is -1.84. The van der Waals surface area contributed by atoms with E-state index in [1.54, 1.807) is 16.5 Å². The van der Waals surface area contributed by atoms with Crippen LogP contribution >= 0.6 is 0 Å². The molecule has 2 N–H and O–H groups in total. The smallest absolute Gasteiger partial charge is 0.341 e. The summed E-state index contributed by atoms with van der Waals surface area (Å²) in [7, 11) is 3.15. The number of aromatic nitrogens is 1. The lowest BCUT2D eigenvalue weighted by Crippen LogP contribution is -2.37. The van der Waals surface area contributed by atoms with E-state index in [2.05, 4.69) is 5.32 Å². The average molecular weight is 421 g/mol. The Labute approximate surface area is 172 Å². The molecular formula is C21H25F2N3O4. The molecule has 0 radical (unpaired) electrons. The van der Waals surface area contributed by atoms with Crippen molar-refractivity contribution >= 4 is 22.6 Å².